The first-order valence-corrected chi connectivity index (χ1v) is 9.43. The molecule has 0 unspecified atom stereocenters. The van der Waals surface area contributed by atoms with Gasteiger partial charge in [0, 0.05) is 0 Å². The highest BCUT2D eigenvalue weighted by Crippen LogP contribution is 2.62. The molecule has 0 amide bonds. The molecular formula is C21H34O3. The van der Waals surface area contributed by atoms with E-state index >= 15 is 0 Å². The van der Waals surface area contributed by atoms with Crippen LogP contribution in [0, 0.1) is 22.7 Å². The van der Waals surface area contributed by atoms with Crippen molar-refractivity contribution in [3.63, 3.8) is 0 Å². The summed E-state index contributed by atoms with van der Waals surface area (Å²) in [4.78, 5) is 12.0. The van der Waals surface area contributed by atoms with Crippen LogP contribution in [0.1, 0.15) is 72.1 Å². The minimum atomic E-state index is -0.619. The topological polar surface area (TPSA) is 57.5 Å². The molecule has 0 saturated heterocycles. The number of hydrogen-bond acceptors (Lipinski definition) is 2. The quantitative estimate of drug-likeness (QED) is 0.675. The van der Waals surface area contributed by atoms with E-state index in [9.17, 15) is 9.90 Å². The molecule has 0 heterocycles. The third-order valence-corrected chi connectivity index (χ3v) is 7.01. The Balaban J connectivity index is 2.16. The van der Waals surface area contributed by atoms with Gasteiger partial charge in [0.25, 0.3) is 0 Å². The summed E-state index contributed by atoms with van der Waals surface area (Å²) in [5.41, 5.74) is 2.04. The maximum atomic E-state index is 12.0. The molecule has 2 aliphatic rings. The number of hydrogen-bond donors (Lipinski definition) is 2. The molecule has 2 saturated carbocycles. The van der Waals surface area contributed by atoms with E-state index in [1.807, 2.05) is 13.0 Å². The van der Waals surface area contributed by atoms with Gasteiger partial charge in [0.1, 0.15) is 0 Å². The summed E-state index contributed by atoms with van der Waals surface area (Å²) in [6.45, 7) is 10.8. The normalized spacial score (nSPS) is 37.2. The highest BCUT2D eigenvalue weighted by Gasteiger charge is 2.57. The lowest BCUT2D eigenvalue weighted by atomic mass is 9.46. The van der Waals surface area contributed by atoms with Crippen LogP contribution < -0.4 is 0 Å². The largest absolute Gasteiger partial charge is 0.481 e. The fourth-order valence-corrected chi connectivity index (χ4v) is 5.58. The predicted octanol–water partition coefficient (Wildman–Crippen LogP) is 4.96. The van der Waals surface area contributed by atoms with Gasteiger partial charge in [-0.05, 0) is 76.0 Å². The van der Waals surface area contributed by atoms with E-state index in [1.54, 1.807) is 0 Å². The zero-order chi connectivity index (χ0) is 18.0. The van der Waals surface area contributed by atoms with E-state index < -0.39 is 11.4 Å². The maximum Gasteiger partial charge on any atom is 0.309 e. The lowest BCUT2D eigenvalue weighted by Crippen LogP contribution is -2.53. The molecule has 136 valence electrons. The Kier molecular flexibility index (Phi) is 5.95. The van der Waals surface area contributed by atoms with Crippen molar-refractivity contribution < 1.29 is 15.0 Å². The van der Waals surface area contributed by atoms with Crippen LogP contribution in [0.5, 0.6) is 0 Å². The van der Waals surface area contributed by atoms with Crippen LogP contribution in [0.25, 0.3) is 0 Å². The number of carboxylic acid groups (broad SMARTS) is 1. The van der Waals surface area contributed by atoms with Gasteiger partial charge in [0.15, 0.2) is 0 Å². The average Bonchev–Trinajstić information content (AvgIpc) is 2.50. The molecule has 0 radical (unpaired) electrons. The van der Waals surface area contributed by atoms with Crippen LogP contribution >= 0.6 is 0 Å². The summed E-state index contributed by atoms with van der Waals surface area (Å²) < 4.78 is 0. The van der Waals surface area contributed by atoms with Crippen molar-refractivity contribution in [1.82, 2.24) is 0 Å². The molecule has 0 aromatic rings. The van der Waals surface area contributed by atoms with Crippen molar-refractivity contribution in [2.45, 2.75) is 72.1 Å². The van der Waals surface area contributed by atoms with Gasteiger partial charge in [-0.15, -0.1) is 0 Å². The van der Waals surface area contributed by atoms with Crippen LogP contribution in [0.3, 0.4) is 0 Å². The summed E-state index contributed by atoms with van der Waals surface area (Å²) in [6, 6.07) is 0. The summed E-state index contributed by atoms with van der Waals surface area (Å²) in [5, 5.41) is 18.8. The summed E-state index contributed by atoms with van der Waals surface area (Å²) >= 11 is 0. The summed E-state index contributed by atoms with van der Waals surface area (Å²) in [6.07, 6.45) is 9.91. The number of allylic oxidation sites excluding steroid dienone is 2. The smallest absolute Gasteiger partial charge is 0.309 e. The molecule has 2 aliphatic carbocycles. The van der Waals surface area contributed by atoms with Crippen molar-refractivity contribution in [3.05, 3.63) is 23.8 Å². The van der Waals surface area contributed by atoms with Gasteiger partial charge >= 0.3 is 5.97 Å². The van der Waals surface area contributed by atoms with Crippen LogP contribution in [0.2, 0.25) is 0 Å². The van der Waals surface area contributed by atoms with E-state index in [0.29, 0.717) is 5.92 Å². The molecular weight excluding hydrogens is 300 g/mol. The number of aliphatic hydroxyl groups is 1. The molecule has 0 aromatic carbocycles. The van der Waals surface area contributed by atoms with Crippen molar-refractivity contribution >= 4 is 5.97 Å². The molecule has 3 heteroatoms. The van der Waals surface area contributed by atoms with Gasteiger partial charge in [-0.3, -0.25) is 4.79 Å². The number of fused-ring (bicyclic) bond motifs is 1. The van der Waals surface area contributed by atoms with Gasteiger partial charge < -0.3 is 10.2 Å². The Labute approximate surface area is 146 Å². The Bertz CT molecular complexity index is 521. The lowest BCUT2D eigenvalue weighted by Gasteiger charge is -2.57. The van der Waals surface area contributed by atoms with Crippen LogP contribution in [0.4, 0.5) is 0 Å². The van der Waals surface area contributed by atoms with Gasteiger partial charge in [-0.1, -0.05) is 37.1 Å². The predicted molar refractivity (Wildman–Crippen MR) is 97.7 cm³/mol. The van der Waals surface area contributed by atoms with Gasteiger partial charge in [-0.2, -0.15) is 0 Å². The van der Waals surface area contributed by atoms with E-state index in [-0.39, 0.29) is 17.9 Å². The Morgan fingerprint density at radius 2 is 2.08 bits per heavy atom. The third kappa shape index (κ3) is 3.46. The maximum absolute atomic E-state index is 12.0. The van der Waals surface area contributed by atoms with Crippen molar-refractivity contribution in [1.29, 1.82) is 0 Å². The first-order valence-electron chi connectivity index (χ1n) is 9.43. The minimum Gasteiger partial charge on any atom is -0.481 e. The molecule has 3 nitrogen and oxygen atoms in total. The minimum absolute atomic E-state index is 0.0648. The second kappa shape index (κ2) is 7.43. The molecule has 2 rings (SSSR count). The van der Waals surface area contributed by atoms with Crippen LogP contribution in [-0.4, -0.2) is 22.8 Å². The zero-order valence-corrected chi connectivity index (χ0v) is 15.6. The summed E-state index contributed by atoms with van der Waals surface area (Å²) in [5.74, 6) is 0.0596. The Morgan fingerprint density at radius 1 is 1.38 bits per heavy atom. The van der Waals surface area contributed by atoms with Gasteiger partial charge in [0.2, 0.25) is 0 Å². The van der Waals surface area contributed by atoms with Gasteiger partial charge in [0.05, 0.1) is 12.0 Å². The van der Waals surface area contributed by atoms with E-state index in [0.717, 1.165) is 51.4 Å². The van der Waals surface area contributed by atoms with Crippen molar-refractivity contribution in [3.8, 4) is 0 Å². The SMILES string of the molecule is C=C1CC[C@@H]2[C@](C)(CCC[C@]2(C)C(=O)O)[C@H]1CCC/C(C)=C/CO. The molecule has 0 aliphatic heterocycles. The Morgan fingerprint density at radius 3 is 2.71 bits per heavy atom. The van der Waals surface area contributed by atoms with E-state index in [4.69, 9.17) is 5.11 Å². The monoisotopic (exact) mass is 334 g/mol. The molecule has 0 aromatic heterocycles. The molecule has 24 heavy (non-hydrogen) atoms. The number of carboxylic acids is 1. The lowest BCUT2D eigenvalue weighted by molar-refractivity contribution is -0.164. The number of carbonyl (C=O) groups is 1. The van der Waals surface area contributed by atoms with Crippen LogP contribution in [0.15, 0.2) is 23.8 Å². The molecule has 0 bridgehead atoms. The molecule has 4 atom stereocenters. The third-order valence-electron chi connectivity index (χ3n) is 7.01. The number of aliphatic carboxylic acids is 1. The molecule has 0 spiro atoms. The number of rotatable bonds is 6. The highest BCUT2D eigenvalue weighted by atomic mass is 16.4. The van der Waals surface area contributed by atoms with E-state index in [2.05, 4.69) is 20.4 Å². The fourth-order valence-electron chi connectivity index (χ4n) is 5.58. The second-order valence-electron chi connectivity index (χ2n) is 8.51. The second-order valence-corrected chi connectivity index (χ2v) is 8.51. The van der Waals surface area contributed by atoms with E-state index in [1.165, 1.54) is 11.1 Å². The van der Waals surface area contributed by atoms with Crippen molar-refractivity contribution in [2.24, 2.45) is 22.7 Å². The first-order chi connectivity index (χ1) is 11.3. The van der Waals surface area contributed by atoms with Crippen molar-refractivity contribution in [2.75, 3.05) is 6.61 Å². The number of aliphatic hydroxyl groups excluding tert-OH is 1. The molecule has 2 fully saturated rings. The average molecular weight is 335 g/mol. The Hall–Kier alpha value is -1.09. The first kappa shape index (κ1) is 19.2. The van der Waals surface area contributed by atoms with Gasteiger partial charge in [-0.25, -0.2) is 0 Å². The molecule has 2 N–H and O–H groups in total. The highest BCUT2D eigenvalue weighted by molar-refractivity contribution is 5.75. The van der Waals surface area contributed by atoms with Crippen LogP contribution in [-0.2, 0) is 4.79 Å². The zero-order valence-electron chi connectivity index (χ0n) is 15.6. The fraction of sp³-hybridized carbons (Fsp3) is 0.762. The summed E-state index contributed by atoms with van der Waals surface area (Å²) in [7, 11) is 0. The standard InChI is InChI=1S/C21H34O3/c1-15(11-14-22)7-5-8-17-16(2)9-10-18-20(17,3)12-6-13-21(18,4)19(23)24/h11,17-18,22H,2,5-10,12-14H2,1,3-4H3,(H,23,24)/b15-11+/t17-,18+,20+,21-/m0/s1.